The van der Waals surface area contributed by atoms with E-state index in [0.717, 1.165) is 12.8 Å². The Balaban J connectivity index is 1.78. The van der Waals surface area contributed by atoms with Crippen LogP contribution in [0.5, 0.6) is 0 Å². The molecule has 0 bridgehead atoms. The number of nitrogens with zero attached hydrogens (tertiary/aromatic N) is 1. The van der Waals surface area contributed by atoms with Crippen molar-refractivity contribution in [2.24, 2.45) is 0 Å². The van der Waals surface area contributed by atoms with Gasteiger partial charge in [-0.2, -0.15) is 0 Å². The van der Waals surface area contributed by atoms with Gasteiger partial charge in [0, 0.05) is 19.2 Å². The van der Waals surface area contributed by atoms with E-state index in [2.05, 4.69) is 9.71 Å². The molecule has 1 saturated heterocycles. The highest BCUT2D eigenvalue weighted by atomic mass is 32.2. The highest BCUT2D eigenvalue weighted by molar-refractivity contribution is 7.89. The summed E-state index contributed by atoms with van der Waals surface area (Å²) in [6.07, 6.45) is 3.14. The third kappa shape index (κ3) is 2.63. The quantitative estimate of drug-likeness (QED) is 0.913. The predicted molar refractivity (Wildman–Crippen MR) is 68.2 cm³/mol. The molecule has 1 unspecified atom stereocenters. The molecule has 1 aliphatic rings. The lowest BCUT2D eigenvalue weighted by atomic mass is 10.2. The molecule has 1 fully saturated rings. The van der Waals surface area contributed by atoms with Gasteiger partial charge in [0.25, 0.3) is 0 Å². The zero-order chi connectivity index (χ0) is 13.3. The normalized spacial score (nSPS) is 20.1. The van der Waals surface area contributed by atoms with Gasteiger partial charge >= 0.3 is 0 Å². The van der Waals surface area contributed by atoms with Gasteiger partial charge in [0.05, 0.1) is 11.0 Å². The summed E-state index contributed by atoms with van der Waals surface area (Å²) < 4.78 is 37.3. The van der Waals surface area contributed by atoms with Gasteiger partial charge in [-0.25, -0.2) is 18.1 Å². The third-order valence-corrected chi connectivity index (χ3v) is 4.56. The molecule has 0 amide bonds. The minimum atomic E-state index is -3.53. The summed E-state index contributed by atoms with van der Waals surface area (Å²) in [5.74, 6) is 0. The fraction of sp³-hybridized carbons (Fsp3) is 0.417. The van der Waals surface area contributed by atoms with E-state index in [1.807, 2.05) is 0 Å². The van der Waals surface area contributed by atoms with Crippen molar-refractivity contribution >= 4 is 21.1 Å². The summed E-state index contributed by atoms with van der Waals surface area (Å²) in [5, 5.41) is 0. The molecule has 1 aromatic heterocycles. The minimum Gasteiger partial charge on any atom is -0.443 e. The molecule has 1 atom stereocenters. The number of fused-ring (bicyclic) bond motifs is 1. The summed E-state index contributed by atoms with van der Waals surface area (Å²) in [6.45, 7) is 1.01. The molecule has 19 heavy (non-hydrogen) atoms. The van der Waals surface area contributed by atoms with Crippen LogP contribution in [0.2, 0.25) is 0 Å². The first-order valence-electron chi connectivity index (χ1n) is 6.10. The SMILES string of the molecule is O=S(=O)(NCC1CCCO1)c1ccc2ncoc2c1. The molecule has 6 nitrogen and oxygen atoms in total. The maximum atomic E-state index is 12.1. The molecule has 0 spiro atoms. The van der Waals surface area contributed by atoms with Crippen LogP contribution in [-0.2, 0) is 14.8 Å². The third-order valence-electron chi connectivity index (χ3n) is 3.14. The Morgan fingerprint density at radius 1 is 1.42 bits per heavy atom. The summed E-state index contributed by atoms with van der Waals surface area (Å²) in [7, 11) is -3.53. The second kappa shape index (κ2) is 4.92. The van der Waals surface area contributed by atoms with E-state index in [-0.39, 0.29) is 11.0 Å². The average Bonchev–Trinajstić information content (AvgIpc) is 3.06. The van der Waals surface area contributed by atoms with Crippen LogP contribution in [0.4, 0.5) is 0 Å². The number of hydrogen-bond acceptors (Lipinski definition) is 5. The van der Waals surface area contributed by atoms with Crippen molar-refractivity contribution in [1.82, 2.24) is 9.71 Å². The molecule has 0 saturated carbocycles. The van der Waals surface area contributed by atoms with Crippen molar-refractivity contribution in [3.05, 3.63) is 24.6 Å². The van der Waals surface area contributed by atoms with Crippen LogP contribution < -0.4 is 4.72 Å². The van der Waals surface area contributed by atoms with E-state index in [1.54, 1.807) is 6.07 Å². The zero-order valence-electron chi connectivity index (χ0n) is 10.2. The van der Waals surface area contributed by atoms with Crippen molar-refractivity contribution < 1.29 is 17.6 Å². The van der Waals surface area contributed by atoms with Gasteiger partial charge in [0.15, 0.2) is 12.0 Å². The van der Waals surface area contributed by atoms with Gasteiger partial charge in [-0.3, -0.25) is 0 Å². The smallest absolute Gasteiger partial charge is 0.240 e. The Morgan fingerprint density at radius 3 is 3.11 bits per heavy atom. The number of ether oxygens (including phenoxy) is 1. The Kier molecular flexibility index (Phi) is 3.26. The van der Waals surface area contributed by atoms with E-state index >= 15 is 0 Å². The monoisotopic (exact) mass is 282 g/mol. The Labute approximate surface area is 110 Å². The number of oxazole rings is 1. The first-order valence-corrected chi connectivity index (χ1v) is 7.58. The molecule has 0 radical (unpaired) electrons. The van der Waals surface area contributed by atoms with Gasteiger partial charge in [-0.1, -0.05) is 0 Å². The van der Waals surface area contributed by atoms with Gasteiger partial charge < -0.3 is 9.15 Å². The van der Waals surface area contributed by atoms with E-state index in [0.29, 0.717) is 24.3 Å². The standard InChI is InChI=1S/C12H14N2O4S/c15-19(16,14-7-9-2-1-5-17-9)10-3-4-11-12(6-10)18-8-13-11/h3-4,6,8-9,14H,1-2,5,7H2. The number of sulfonamides is 1. The van der Waals surface area contributed by atoms with Crippen molar-refractivity contribution in [2.45, 2.75) is 23.8 Å². The number of aromatic nitrogens is 1. The molecule has 3 rings (SSSR count). The van der Waals surface area contributed by atoms with E-state index in [9.17, 15) is 8.42 Å². The van der Waals surface area contributed by atoms with Gasteiger partial charge in [0.1, 0.15) is 5.52 Å². The van der Waals surface area contributed by atoms with Crippen LogP contribution in [0.25, 0.3) is 11.1 Å². The van der Waals surface area contributed by atoms with Gasteiger partial charge in [0.2, 0.25) is 10.0 Å². The molecule has 2 heterocycles. The molecule has 1 aromatic carbocycles. The Bertz CT molecular complexity index is 674. The number of nitrogens with one attached hydrogen (secondary N) is 1. The second-order valence-corrected chi connectivity index (χ2v) is 6.24. The molecule has 7 heteroatoms. The van der Waals surface area contributed by atoms with Crippen molar-refractivity contribution in [2.75, 3.05) is 13.2 Å². The summed E-state index contributed by atoms with van der Waals surface area (Å²) in [5.41, 5.74) is 1.10. The van der Waals surface area contributed by atoms with Crippen LogP contribution >= 0.6 is 0 Å². The van der Waals surface area contributed by atoms with Crippen molar-refractivity contribution in [3.63, 3.8) is 0 Å². The van der Waals surface area contributed by atoms with Crippen LogP contribution in [0.15, 0.2) is 33.9 Å². The maximum absolute atomic E-state index is 12.1. The van der Waals surface area contributed by atoms with E-state index in [1.165, 1.54) is 18.5 Å². The summed E-state index contributed by atoms with van der Waals surface area (Å²) in [6, 6.07) is 4.61. The molecule has 102 valence electrons. The lowest BCUT2D eigenvalue weighted by Gasteiger charge is -2.11. The average molecular weight is 282 g/mol. The number of hydrogen-bond donors (Lipinski definition) is 1. The maximum Gasteiger partial charge on any atom is 0.240 e. The number of benzene rings is 1. The topological polar surface area (TPSA) is 81.4 Å². The fourth-order valence-corrected chi connectivity index (χ4v) is 3.18. The van der Waals surface area contributed by atoms with Gasteiger partial charge in [-0.15, -0.1) is 0 Å². The zero-order valence-corrected chi connectivity index (χ0v) is 11.0. The van der Waals surface area contributed by atoms with Crippen LogP contribution in [0, 0.1) is 0 Å². The lowest BCUT2D eigenvalue weighted by molar-refractivity contribution is 0.114. The van der Waals surface area contributed by atoms with Crippen molar-refractivity contribution in [3.8, 4) is 0 Å². The van der Waals surface area contributed by atoms with E-state index < -0.39 is 10.0 Å². The largest absolute Gasteiger partial charge is 0.443 e. The number of rotatable bonds is 4. The van der Waals surface area contributed by atoms with Crippen LogP contribution in [-0.4, -0.2) is 32.7 Å². The molecular formula is C12H14N2O4S. The van der Waals surface area contributed by atoms with Gasteiger partial charge in [-0.05, 0) is 25.0 Å². The Morgan fingerprint density at radius 2 is 2.32 bits per heavy atom. The van der Waals surface area contributed by atoms with Crippen molar-refractivity contribution in [1.29, 1.82) is 0 Å². The predicted octanol–water partition coefficient (Wildman–Crippen LogP) is 1.29. The Hall–Kier alpha value is -1.44. The molecular weight excluding hydrogens is 268 g/mol. The lowest BCUT2D eigenvalue weighted by Crippen LogP contribution is -2.31. The summed E-state index contributed by atoms with van der Waals surface area (Å²) >= 11 is 0. The minimum absolute atomic E-state index is 0.0243. The highest BCUT2D eigenvalue weighted by Gasteiger charge is 2.20. The van der Waals surface area contributed by atoms with Crippen LogP contribution in [0.3, 0.4) is 0 Å². The highest BCUT2D eigenvalue weighted by Crippen LogP contribution is 2.18. The molecule has 1 aliphatic heterocycles. The fourth-order valence-electron chi connectivity index (χ4n) is 2.09. The molecule has 2 aromatic rings. The van der Waals surface area contributed by atoms with E-state index in [4.69, 9.17) is 9.15 Å². The molecule has 0 aliphatic carbocycles. The van der Waals surface area contributed by atoms with Crippen LogP contribution in [0.1, 0.15) is 12.8 Å². The second-order valence-electron chi connectivity index (χ2n) is 4.47. The molecule has 1 N–H and O–H groups in total. The first-order chi connectivity index (χ1) is 9.15. The summed E-state index contributed by atoms with van der Waals surface area (Å²) in [4.78, 5) is 4.12. The first kappa shape index (κ1) is 12.6.